The first-order valence-electron chi connectivity index (χ1n) is 8.57. The van der Waals surface area contributed by atoms with Crippen LogP contribution in [0.25, 0.3) is 0 Å². The Kier molecular flexibility index (Phi) is 5.18. The third kappa shape index (κ3) is 3.90. The summed E-state index contributed by atoms with van der Waals surface area (Å²) in [5.41, 5.74) is 2.83. The van der Waals surface area contributed by atoms with E-state index in [0.717, 1.165) is 24.8 Å². The van der Waals surface area contributed by atoms with Crippen LogP contribution in [0.15, 0.2) is 41.3 Å². The minimum absolute atomic E-state index is 0.292. The maximum atomic E-state index is 12.7. The van der Waals surface area contributed by atoms with Gasteiger partial charge < -0.3 is 9.47 Å². The number of nitrogens with one attached hydrogen (secondary N) is 1. The van der Waals surface area contributed by atoms with Crippen LogP contribution in [0.2, 0.25) is 0 Å². The van der Waals surface area contributed by atoms with Gasteiger partial charge in [-0.1, -0.05) is 6.07 Å². The van der Waals surface area contributed by atoms with E-state index in [2.05, 4.69) is 4.72 Å². The Labute approximate surface area is 149 Å². The van der Waals surface area contributed by atoms with Crippen molar-refractivity contribution in [3.8, 4) is 11.5 Å². The van der Waals surface area contributed by atoms with Crippen molar-refractivity contribution in [2.24, 2.45) is 0 Å². The Hall–Kier alpha value is -2.21. The fraction of sp³-hybridized carbons (Fsp3) is 0.368. The van der Waals surface area contributed by atoms with Gasteiger partial charge >= 0.3 is 0 Å². The molecule has 1 aliphatic carbocycles. The summed E-state index contributed by atoms with van der Waals surface area (Å²) in [6.45, 7) is 4.75. The second-order valence-electron chi connectivity index (χ2n) is 5.92. The first-order chi connectivity index (χ1) is 12.0. The van der Waals surface area contributed by atoms with Crippen molar-refractivity contribution in [3.05, 3.63) is 47.5 Å². The molecule has 0 amide bonds. The van der Waals surface area contributed by atoms with Crippen molar-refractivity contribution >= 4 is 15.7 Å². The zero-order valence-electron chi connectivity index (χ0n) is 14.5. The van der Waals surface area contributed by atoms with Gasteiger partial charge in [0.2, 0.25) is 0 Å². The number of sulfonamides is 1. The van der Waals surface area contributed by atoms with E-state index in [-0.39, 0.29) is 0 Å². The third-order valence-corrected chi connectivity index (χ3v) is 5.55. The lowest BCUT2D eigenvalue weighted by molar-refractivity contribution is 0.288. The molecule has 3 rings (SSSR count). The highest BCUT2D eigenvalue weighted by Crippen LogP contribution is 2.32. The minimum atomic E-state index is -3.64. The van der Waals surface area contributed by atoms with Gasteiger partial charge in [0.25, 0.3) is 10.0 Å². The van der Waals surface area contributed by atoms with Crippen molar-refractivity contribution < 1.29 is 17.9 Å². The van der Waals surface area contributed by atoms with Crippen LogP contribution in [-0.2, 0) is 22.9 Å². The average molecular weight is 361 g/mol. The topological polar surface area (TPSA) is 64.6 Å². The van der Waals surface area contributed by atoms with E-state index in [0.29, 0.717) is 35.3 Å². The van der Waals surface area contributed by atoms with Crippen molar-refractivity contribution in [2.45, 2.75) is 38.0 Å². The highest BCUT2D eigenvalue weighted by molar-refractivity contribution is 7.92. The van der Waals surface area contributed by atoms with Crippen LogP contribution in [0.4, 0.5) is 5.69 Å². The van der Waals surface area contributed by atoms with Crippen LogP contribution in [0, 0.1) is 0 Å². The van der Waals surface area contributed by atoms with Crippen LogP contribution in [-0.4, -0.2) is 21.6 Å². The van der Waals surface area contributed by atoms with Gasteiger partial charge in [0.1, 0.15) is 0 Å². The summed E-state index contributed by atoms with van der Waals surface area (Å²) in [7, 11) is -3.64. The lowest BCUT2D eigenvalue weighted by atomic mass is 10.1. The zero-order valence-corrected chi connectivity index (χ0v) is 15.4. The van der Waals surface area contributed by atoms with Crippen LogP contribution in [0.3, 0.4) is 0 Å². The van der Waals surface area contributed by atoms with E-state index in [1.807, 2.05) is 19.9 Å². The van der Waals surface area contributed by atoms with Crippen molar-refractivity contribution in [3.63, 3.8) is 0 Å². The molecule has 5 nitrogen and oxygen atoms in total. The second-order valence-corrected chi connectivity index (χ2v) is 7.60. The molecule has 0 fully saturated rings. The maximum Gasteiger partial charge on any atom is 0.261 e. The predicted octanol–water partition coefficient (Wildman–Crippen LogP) is 3.77. The van der Waals surface area contributed by atoms with Crippen LogP contribution < -0.4 is 14.2 Å². The Morgan fingerprint density at radius 3 is 2.40 bits per heavy atom. The molecule has 2 aromatic carbocycles. The monoisotopic (exact) mass is 361 g/mol. The number of anilines is 1. The molecule has 6 heteroatoms. The van der Waals surface area contributed by atoms with Crippen molar-refractivity contribution in [1.29, 1.82) is 0 Å². The first-order valence-corrected chi connectivity index (χ1v) is 10.1. The average Bonchev–Trinajstić information content (AvgIpc) is 3.05. The number of rotatable bonds is 7. The van der Waals surface area contributed by atoms with E-state index in [1.165, 1.54) is 5.56 Å². The SMILES string of the molecule is CCOc1ccc(NS(=O)(=O)c2ccc3c(c2)CCC3)cc1OCC. The molecule has 0 bridgehead atoms. The number of hydrogen-bond acceptors (Lipinski definition) is 4. The van der Waals surface area contributed by atoms with Gasteiger partial charge in [-0.2, -0.15) is 0 Å². The highest BCUT2D eigenvalue weighted by Gasteiger charge is 2.19. The molecule has 0 radical (unpaired) electrons. The van der Waals surface area contributed by atoms with Gasteiger partial charge in [0.15, 0.2) is 11.5 Å². The largest absolute Gasteiger partial charge is 0.490 e. The van der Waals surface area contributed by atoms with Crippen LogP contribution in [0.5, 0.6) is 11.5 Å². The summed E-state index contributed by atoms with van der Waals surface area (Å²) in [4.78, 5) is 0.292. The van der Waals surface area contributed by atoms with E-state index in [1.54, 1.807) is 30.3 Å². The zero-order chi connectivity index (χ0) is 17.9. The van der Waals surface area contributed by atoms with Crippen LogP contribution >= 0.6 is 0 Å². The van der Waals surface area contributed by atoms with Crippen LogP contribution in [0.1, 0.15) is 31.4 Å². The fourth-order valence-electron chi connectivity index (χ4n) is 3.04. The quantitative estimate of drug-likeness (QED) is 0.815. The number of fused-ring (bicyclic) bond motifs is 1. The standard InChI is InChI=1S/C19H23NO4S/c1-3-23-18-11-9-16(13-19(18)24-4-2)20-25(21,22)17-10-8-14-6-5-7-15(14)12-17/h8-13,20H,3-7H2,1-2H3. The summed E-state index contributed by atoms with van der Waals surface area (Å²) in [6.07, 6.45) is 3.05. The predicted molar refractivity (Wildman–Crippen MR) is 98.1 cm³/mol. The summed E-state index contributed by atoms with van der Waals surface area (Å²) in [5, 5.41) is 0. The number of ether oxygens (including phenoxy) is 2. The molecular formula is C19H23NO4S. The van der Waals surface area contributed by atoms with E-state index in [9.17, 15) is 8.42 Å². The van der Waals surface area contributed by atoms with Gasteiger partial charge in [0.05, 0.1) is 23.8 Å². The number of hydrogen-bond donors (Lipinski definition) is 1. The van der Waals surface area contributed by atoms with Gasteiger partial charge in [-0.3, -0.25) is 4.72 Å². The molecule has 1 aliphatic rings. The minimum Gasteiger partial charge on any atom is -0.490 e. The molecule has 25 heavy (non-hydrogen) atoms. The molecule has 0 saturated carbocycles. The van der Waals surface area contributed by atoms with E-state index < -0.39 is 10.0 Å². The summed E-state index contributed by atoms with van der Waals surface area (Å²) < 4.78 is 39.1. The van der Waals surface area contributed by atoms with Crippen molar-refractivity contribution in [2.75, 3.05) is 17.9 Å². The molecular weight excluding hydrogens is 338 g/mol. The molecule has 0 aliphatic heterocycles. The van der Waals surface area contributed by atoms with Crippen molar-refractivity contribution in [1.82, 2.24) is 0 Å². The number of aryl methyl sites for hydroxylation is 2. The molecule has 0 spiro atoms. The molecule has 0 saturated heterocycles. The Balaban J connectivity index is 1.86. The maximum absolute atomic E-state index is 12.7. The lowest BCUT2D eigenvalue weighted by Crippen LogP contribution is -2.13. The molecule has 0 atom stereocenters. The third-order valence-electron chi connectivity index (χ3n) is 4.18. The summed E-state index contributed by atoms with van der Waals surface area (Å²) >= 11 is 0. The molecule has 2 aromatic rings. The Bertz CT molecular complexity index is 862. The van der Waals surface area contributed by atoms with Gasteiger partial charge in [-0.05, 0) is 68.5 Å². The fourth-order valence-corrected chi connectivity index (χ4v) is 4.14. The molecule has 0 heterocycles. The first kappa shape index (κ1) is 17.6. The second kappa shape index (κ2) is 7.35. The van der Waals surface area contributed by atoms with Gasteiger partial charge in [0, 0.05) is 6.07 Å². The summed E-state index contributed by atoms with van der Waals surface area (Å²) in [6, 6.07) is 10.4. The molecule has 1 N–H and O–H groups in total. The van der Waals surface area contributed by atoms with Gasteiger partial charge in [-0.25, -0.2) is 8.42 Å². The summed E-state index contributed by atoms with van der Waals surface area (Å²) in [5.74, 6) is 1.13. The highest BCUT2D eigenvalue weighted by atomic mass is 32.2. The van der Waals surface area contributed by atoms with Gasteiger partial charge in [-0.15, -0.1) is 0 Å². The lowest BCUT2D eigenvalue weighted by Gasteiger charge is -2.14. The molecule has 0 aromatic heterocycles. The Morgan fingerprint density at radius 2 is 1.64 bits per heavy atom. The molecule has 0 unspecified atom stereocenters. The van der Waals surface area contributed by atoms with E-state index >= 15 is 0 Å². The smallest absolute Gasteiger partial charge is 0.261 e. The normalized spacial score (nSPS) is 13.4. The number of benzene rings is 2. The Morgan fingerprint density at radius 1 is 0.920 bits per heavy atom. The molecule has 134 valence electrons. The van der Waals surface area contributed by atoms with E-state index in [4.69, 9.17) is 9.47 Å².